The molecule has 0 radical (unpaired) electrons. The molecule has 1 atom stereocenters. The first-order valence-electron chi connectivity index (χ1n) is 10.8. The maximum Gasteiger partial charge on any atom is 0.310 e. The molecule has 2 aliphatic heterocycles. The molecule has 32 heavy (non-hydrogen) atoms. The van der Waals surface area contributed by atoms with Crippen molar-refractivity contribution >= 4 is 34.6 Å². The molecule has 0 saturated carbocycles. The van der Waals surface area contributed by atoms with E-state index in [2.05, 4.69) is 22.3 Å². The van der Waals surface area contributed by atoms with E-state index in [-0.39, 0.29) is 28.8 Å². The SMILES string of the molecule is CCOC(=O)Cc1ccc2c(c1)N(CCOc1ccc(CC3SC(=O)NC3=O)cc1)CC2. The quantitative estimate of drug-likeness (QED) is 0.583. The van der Waals surface area contributed by atoms with Gasteiger partial charge in [-0.05, 0) is 54.7 Å². The summed E-state index contributed by atoms with van der Waals surface area (Å²) in [6.45, 7) is 4.42. The van der Waals surface area contributed by atoms with Crippen molar-refractivity contribution in [2.45, 2.75) is 31.4 Å². The van der Waals surface area contributed by atoms with Gasteiger partial charge in [-0.2, -0.15) is 0 Å². The lowest BCUT2D eigenvalue weighted by Gasteiger charge is -2.20. The van der Waals surface area contributed by atoms with Crippen LogP contribution in [0, 0.1) is 0 Å². The number of anilines is 1. The highest BCUT2D eigenvalue weighted by atomic mass is 32.2. The first-order valence-corrected chi connectivity index (χ1v) is 11.7. The van der Waals surface area contributed by atoms with Gasteiger partial charge in [-0.3, -0.25) is 19.7 Å². The van der Waals surface area contributed by atoms with Crippen molar-refractivity contribution in [2.24, 2.45) is 0 Å². The molecule has 2 amide bonds. The second kappa shape index (κ2) is 10.1. The number of ether oxygens (including phenoxy) is 2. The largest absolute Gasteiger partial charge is 0.492 e. The molecule has 1 N–H and O–H groups in total. The number of nitrogens with zero attached hydrogens (tertiary/aromatic N) is 1. The van der Waals surface area contributed by atoms with Gasteiger partial charge in [0.15, 0.2) is 0 Å². The van der Waals surface area contributed by atoms with Crippen molar-refractivity contribution in [1.29, 1.82) is 0 Å². The lowest BCUT2D eigenvalue weighted by atomic mass is 10.1. The number of rotatable bonds is 9. The molecule has 1 unspecified atom stereocenters. The van der Waals surface area contributed by atoms with E-state index in [1.54, 1.807) is 0 Å². The minimum absolute atomic E-state index is 0.206. The highest BCUT2D eigenvalue weighted by molar-refractivity contribution is 8.15. The molecule has 2 aromatic carbocycles. The standard InChI is InChI=1S/C24H26N2O5S/c1-2-30-22(27)15-17-3-6-18-9-10-26(20(18)13-17)11-12-31-19-7-4-16(5-8-19)14-21-23(28)25-24(29)32-21/h3-8,13,21H,2,9-12,14-15H2,1H3,(H,25,28,29). The third-order valence-corrected chi connectivity index (χ3v) is 6.52. The van der Waals surface area contributed by atoms with Crippen LogP contribution >= 0.6 is 11.8 Å². The van der Waals surface area contributed by atoms with E-state index in [1.807, 2.05) is 37.3 Å². The maximum absolute atomic E-state index is 11.8. The topological polar surface area (TPSA) is 84.9 Å². The highest BCUT2D eigenvalue weighted by Crippen LogP contribution is 2.29. The fraction of sp³-hybridized carbons (Fsp3) is 0.375. The molecule has 2 aromatic rings. The Morgan fingerprint density at radius 1 is 1.16 bits per heavy atom. The molecule has 0 bridgehead atoms. The second-order valence-electron chi connectivity index (χ2n) is 7.76. The third-order valence-electron chi connectivity index (χ3n) is 5.54. The van der Waals surface area contributed by atoms with E-state index in [0.717, 1.165) is 53.8 Å². The predicted octanol–water partition coefficient (Wildman–Crippen LogP) is 3.13. The minimum atomic E-state index is -0.363. The van der Waals surface area contributed by atoms with Crippen LogP contribution in [-0.4, -0.2) is 48.7 Å². The molecule has 4 rings (SSSR count). The summed E-state index contributed by atoms with van der Waals surface area (Å²) in [5.74, 6) is 0.336. The van der Waals surface area contributed by atoms with Crippen molar-refractivity contribution in [3.05, 3.63) is 59.2 Å². The number of benzene rings is 2. The van der Waals surface area contributed by atoms with Crippen LogP contribution in [0.1, 0.15) is 23.6 Å². The van der Waals surface area contributed by atoms with Crippen LogP contribution in [0.15, 0.2) is 42.5 Å². The van der Waals surface area contributed by atoms with Crippen LogP contribution in [0.4, 0.5) is 10.5 Å². The Labute approximate surface area is 191 Å². The van der Waals surface area contributed by atoms with Gasteiger partial charge in [-0.25, -0.2) is 0 Å². The van der Waals surface area contributed by atoms with Gasteiger partial charge in [0.25, 0.3) is 5.24 Å². The molecular formula is C24H26N2O5S. The van der Waals surface area contributed by atoms with Crippen LogP contribution in [0.3, 0.4) is 0 Å². The van der Waals surface area contributed by atoms with Crippen LogP contribution in [0.2, 0.25) is 0 Å². The van der Waals surface area contributed by atoms with E-state index in [0.29, 0.717) is 19.6 Å². The normalized spacial score (nSPS) is 17.3. The van der Waals surface area contributed by atoms with E-state index in [4.69, 9.17) is 9.47 Å². The van der Waals surface area contributed by atoms with Gasteiger partial charge < -0.3 is 14.4 Å². The number of hydrogen-bond donors (Lipinski definition) is 1. The molecule has 0 aromatic heterocycles. The van der Waals surface area contributed by atoms with Gasteiger partial charge in [-0.1, -0.05) is 36.0 Å². The first kappa shape index (κ1) is 22.2. The number of imide groups is 1. The Morgan fingerprint density at radius 3 is 2.66 bits per heavy atom. The number of carbonyl (C=O) groups excluding carboxylic acids is 3. The van der Waals surface area contributed by atoms with Gasteiger partial charge in [0, 0.05) is 12.2 Å². The van der Waals surface area contributed by atoms with E-state index < -0.39 is 0 Å². The van der Waals surface area contributed by atoms with Crippen molar-refractivity contribution in [2.75, 3.05) is 31.2 Å². The molecule has 0 spiro atoms. The summed E-state index contributed by atoms with van der Waals surface area (Å²) in [6.07, 6.45) is 1.78. The minimum Gasteiger partial charge on any atom is -0.492 e. The first-order chi connectivity index (χ1) is 15.5. The highest BCUT2D eigenvalue weighted by Gasteiger charge is 2.31. The third kappa shape index (κ3) is 5.43. The fourth-order valence-electron chi connectivity index (χ4n) is 3.95. The number of carbonyl (C=O) groups is 3. The Hall–Kier alpha value is -3.00. The molecule has 168 valence electrons. The summed E-state index contributed by atoms with van der Waals surface area (Å²) in [7, 11) is 0. The molecular weight excluding hydrogens is 428 g/mol. The van der Waals surface area contributed by atoms with Crippen molar-refractivity contribution in [1.82, 2.24) is 5.32 Å². The zero-order chi connectivity index (χ0) is 22.5. The van der Waals surface area contributed by atoms with Gasteiger partial charge in [0.05, 0.1) is 24.8 Å². The Bertz CT molecular complexity index is 1010. The molecule has 2 heterocycles. The second-order valence-corrected chi connectivity index (χ2v) is 8.94. The summed E-state index contributed by atoms with van der Waals surface area (Å²) >= 11 is 1.04. The summed E-state index contributed by atoms with van der Waals surface area (Å²) in [5, 5.41) is 1.67. The van der Waals surface area contributed by atoms with E-state index in [9.17, 15) is 14.4 Å². The summed E-state index contributed by atoms with van der Waals surface area (Å²) in [4.78, 5) is 37.1. The Morgan fingerprint density at radius 2 is 1.94 bits per heavy atom. The molecule has 0 aliphatic carbocycles. The van der Waals surface area contributed by atoms with Crippen molar-refractivity contribution < 1.29 is 23.9 Å². The molecule has 7 nitrogen and oxygen atoms in total. The monoisotopic (exact) mass is 454 g/mol. The van der Waals surface area contributed by atoms with Crippen molar-refractivity contribution in [3.8, 4) is 5.75 Å². The van der Waals surface area contributed by atoms with Gasteiger partial charge in [0.2, 0.25) is 5.91 Å². The number of nitrogens with one attached hydrogen (secondary N) is 1. The van der Waals surface area contributed by atoms with E-state index in [1.165, 1.54) is 5.56 Å². The summed E-state index contributed by atoms with van der Waals surface area (Å²) < 4.78 is 11.0. The Balaban J connectivity index is 1.28. The number of esters is 1. The maximum atomic E-state index is 11.8. The summed E-state index contributed by atoms with van der Waals surface area (Å²) in [5.41, 5.74) is 4.39. The van der Waals surface area contributed by atoms with Gasteiger partial charge in [-0.15, -0.1) is 0 Å². The predicted molar refractivity (Wildman–Crippen MR) is 123 cm³/mol. The zero-order valence-electron chi connectivity index (χ0n) is 18.0. The Kier molecular flexibility index (Phi) is 6.99. The number of amides is 2. The van der Waals surface area contributed by atoms with Crippen molar-refractivity contribution in [3.63, 3.8) is 0 Å². The van der Waals surface area contributed by atoms with Crippen LogP contribution in [-0.2, 0) is 33.6 Å². The molecule has 2 aliphatic rings. The van der Waals surface area contributed by atoms with Gasteiger partial charge in [0.1, 0.15) is 12.4 Å². The smallest absolute Gasteiger partial charge is 0.310 e. The number of thioether (sulfide) groups is 1. The lowest BCUT2D eigenvalue weighted by molar-refractivity contribution is -0.142. The van der Waals surface area contributed by atoms with Gasteiger partial charge >= 0.3 is 5.97 Å². The molecule has 1 fully saturated rings. The average molecular weight is 455 g/mol. The van der Waals surface area contributed by atoms with E-state index >= 15 is 0 Å². The lowest BCUT2D eigenvalue weighted by Crippen LogP contribution is -2.26. The number of fused-ring (bicyclic) bond motifs is 1. The fourth-order valence-corrected chi connectivity index (χ4v) is 4.81. The molecule has 8 heteroatoms. The van der Waals surface area contributed by atoms with Crippen LogP contribution < -0.4 is 15.0 Å². The average Bonchev–Trinajstić information content (AvgIpc) is 3.31. The summed E-state index contributed by atoms with van der Waals surface area (Å²) in [6, 6.07) is 13.8. The van der Waals surface area contributed by atoms with Crippen LogP contribution in [0.5, 0.6) is 5.75 Å². The number of hydrogen-bond acceptors (Lipinski definition) is 7. The zero-order valence-corrected chi connectivity index (χ0v) is 18.8. The molecule has 1 saturated heterocycles. The van der Waals surface area contributed by atoms with Crippen LogP contribution in [0.25, 0.3) is 0 Å².